The monoisotopic (exact) mass is 180 g/mol. The summed E-state index contributed by atoms with van der Waals surface area (Å²) in [5.74, 6) is -0.499. The van der Waals surface area contributed by atoms with Gasteiger partial charge in [0.05, 0.1) is 5.60 Å². The van der Waals surface area contributed by atoms with Gasteiger partial charge in [0, 0.05) is 11.1 Å². The molecule has 1 rings (SSSR count). The SMILES string of the molecule is CC1=CC(=O)C(C(C)(C)O)=CC1=O. The summed E-state index contributed by atoms with van der Waals surface area (Å²) >= 11 is 0. The lowest BCUT2D eigenvalue weighted by molar-refractivity contribution is -0.116. The topological polar surface area (TPSA) is 54.4 Å². The van der Waals surface area contributed by atoms with Crippen molar-refractivity contribution >= 4 is 11.6 Å². The Hall–Kier alpha value is -1.22. The van der Waals surface area contributed by atoms with E-state index in [1.54, 1.807) is 6.92 Å². The van der Waals surface area contributed by atoms with Crippen molar-refractivity contribution in [1.29, 1.82) is 0 Å². The van der Waals surface area contributed by atoms with Crippen molar-refractivity contribution in [2.75, 3.05) is 0 Å². The van der Waals surface area contributed by atoms with Crippen LogP contribution in [-0.2, 0) is 9.59 Å². The molecule has 0 radical (unpaired) electrons. The minimum absolute atomic E-state index is 0.156. The third-order valence-electron chi connectivity index (χ3n) is 1.94. The number of rotatable bonds is 1. The van der Waals surface area contributed by atoms with Gasteiger partial charge in [-0.25, -0.2) is 0 Å². The van der Waals surface area contributed by atoms with Crippen LogP contribution < -0.4 is 0 Å². The predicted octanol–water partition coefficient (Wildman–Crippen LogP) is 0.782. The molecule has 0 aromatic heterocycles. The molecule has 70 valence electrons. The van der Waals surface area contributed by atoms with Crippen molar-refractivity contribution in [3.05, 3.63) is 23.3 Å². The number of aliphatic hydroxyl groups is 1. The van der Waals surface area contributed by atoms with E-state index >= 15 is 0 Å². The molecule has 3 nitrogen and oxygen atoms in total. The van der Waals surface area contributed by atoms with E-state index < -0.39 is 5.60 Å². The summed E-state index contributed by atoms with van der Waals surface area (Å²) < 4.78 is 0. The molecule has 0 heterocycles. The van der Waals surface area contributed by atoms with Crippen molar-refractivity contribution in [1.82, 2.24) is 0 Å². The van der Waals surface area contributed by atoms with Gasteiger partial charge in [0.1, 0.15) is 0 Å². The number of carbonyl (C=O) groups excluding carboxylic acids is 2. The number of ketones is 2. The minimum atomic E-state index is -1.25. The maximum absolute atomic E-state index is 11.3. The van der Waals surface area contributed by atoms with Crippen molar-refractivity contribution < 1.29 is 14.7 Å². The summed E-state index contributed by atoms with van der Waals surface area (Å²) in [7, 11) is 0. The Labute approximate surface area is 76.8 Å². The van der Waals surface area contributed by atoms with Gasteiger partial charge in [0.2, 0.25) is 0 Å². The fourth-order valence-corrected chi connectivity index (χ4v) is 1.14. The van der Waals surface area contributed by atoms with Gasteiger partial charge >= 0.3 is 0 Å². The number of carbonyl (C=O) groups is 2. The zero-order chi connectivity index (χ0) is 10.2. The zero-order valence-electron chi connectivity index (χ0n) is 7.92. The van der Waals surface area contributed by atoms with Crippen LogP contribution in [0.2, 0.25) is 0 Å². The zero-order valence-corrected chi connectivity index (χ0v) is 7.92. The van der Waals surface area contributed by atoms with Gasteiger partial charge < -0.3 is 5.11 Å². The average molecular weight is 180 g/mol. The summed E-state index contributed by atoms with van der Waals surface area (Å²) in [4.78, 5) is 22.5. The molecule has 0 atom stereocenters. The van der Waals surface area contributed by atoms with Crippen molar-refractivity contribution in [2.45, 2.75) is 26.4 Å². The number of allylic oxidation sites excluding steroid dienone is 3. The van der Waals surface area contributed by atoms with Crippen LogP contribution in [0.15, 0.2) is 23.3 Å². The fourth-order valence-electron chi connectivity index (χ4n) is 1.14. The molecule has 0 amide bonds. The van der Waals surface area contributed by atoms with Crippen LogP contribution in [0.1, 0.15) is 20.8 Å². The molecule has 0 saturated heterocycles. The van der Waals surface area contributed by atoms with Crippen LogP contribution >= 0.6 is 0 Å². The molecule has 1 N–H and O–H groups in total. The molecule has 1 aliphatic rings. The highest BCUT2D eigenvalue weighted by molar-refractivity contribution is 6.20. The molecule has 0 aromatic rings. The summed E-state index contributed by atoms with van der Waals surface area (Å²) in [5.41, 5.74) is -0.676. The molecule has 0 spiro atoms. The number of hydrogen-bond acceptors (Lipinski definition) is 3. The Morgan fingerprint density at radius 1 is 1.15 bits per heavy atom. The normalized spacial score (nSPS) is 18.5. The lowest BCUT2D eigenvalue weighted by atomic mass is 9.88. The molecule has 0 bridgehead atoms. The summed E-state index contributed by atoms with van der Waals surface area (Å²) in [6, 6.07) is 0. The first-order valence-corrected chi connectivity index (χ1v) is 4.04. The van der Waals surface area contributed by atoms with E-state index in [0.717, 1.165) is 0 Å². The van der Waals surface area contributed by atoms with Crippen LogP contribution in [-0.4, -0.2) is 22.3 Å². The summed E-state index contributed by atoms with van der Waals surface area (Å²) in [6.45, 7) is 4.55. The van der Waals surface area contributed by atoms with Crippen LogP contribution in [0.4, 0.5) is 0 Å². The molecular formula is C10H12O3. The largest absolute Gasteiger partial charge is 0.386 e. The second-order valence-electron chi connectivity index (χ2n) is 3.67. The van der Waals surface area contributed by atoms with Gasteiger partial charge in [-0.2, -0.15) is 0 Å². The Kier molecular flexibility index (Phi) is 2.22. The predicted molar refractivity (Wildman–Crippen MR) is 48.2 cm³/mol. The quantitative estimate of drug-likeness (QED) is 0.607. The molecule has 0 aliphatic heterocycles. The molecule has 3 heteroatoms. The first kappa shape index (κ1) is 9.86. The van der Waals surface area contributed by atoms with Crippen LogP contribution in [0.5, 0.6) is 0 Å². The highest BCUT2D eigenvalue weighted by Gasteiger charge is 2.28. The standard InChI is InChI=1S/C10H12O3/c1-6-4-9(12)7(5-8(6)11)10(2,3)13/h4-5,13H,1-3H3. The molecule has 0 aromatic carbocycles. The van der Waals surface area contributed by atoms with E-state index in [0.29, 0.717) is 5.57 Å². The van der Waals surface area contributed by atoms with Gasteiger partial charge in [-0.1, -0.05) is 0 Å². The van der Waals surface area contributed by atoms with E-state index in [1.165, 1.54) is 26.0 Å². The van der Waals surface area contributed by atoms with E-state index in [-0.39, 0.29) is 17.1 Å². The van der Waals surface area contributed by atoms with Crippen LogP contribution in [0, 0.1) is 0 Å². The Morgan fingerprint density at radius 3 is 2.15 bits per heavy atom. The molecule has 0 fully saturated rings. The van der Waals surface area contributed by atoms with Gasteiger partial charge in [0.15, 0.2) is 11.6 Å². The molecule has 0 unspecified atom stereocenters. The third kappa shape index (κ3) is 1.92. The third-order valence-corrected chi connectivity index (χ3v) is 1.94. The summed E-state index contributed by atoms with van der Waals surface area (Å²) in [5, 5.41) is 9.55. The highest BCUT2D eigenvalue weighted by Crippen LogP contribution is 2.21. The minimum Gasteiger partial charge on any atom is -0.386 e. The maximum atomic E-state index is 11.3. The lowest BCUT2D eigenvalue weighted by Crippen LogP contribution is -2.29. The molecular weight excluding hydrogens is 168 g/mol. The van der Waals surface area contributed by atoms with Gasteiger partial charge in [-0.05, 0) is 32.9 Å². The van der Waals surface area contributed by atoms with Gasteiger partial charge in [-0.3, -0.25) is 9.59 Å². The first-order valence-electron chi connectivity index (χ1n) is 4.04. The van der Waals surface area contributed by atoms with Crippen molar-refractivity contribution in [2.24, 2.45) is 0 Å². The second kappa shape index (κ2) is 2.92. The summed E-state index contributed by atoms with van der Waals surface area (Å²) in [6.07, 6.45) is 2.47. The van der Waals surface area contributed by atoms with Crippen molar-refractivity contribution in [3.63, 3.8) is 0 Å². The Balaban J connectivity index is 3.11. The molecule has 13 heavy (non-hydrogen) atoms. The van der Waals surface area contributed by atoms with Crippen LogP contribution in [0.25, 0.3) is 0 Å². The van der Waals surface area contributed by atoms with Crippen LogP contribution in [0.3, 0.4) is 0 Å². The van der Waals surface area contributed by atoms with Gasteiger partial charge in [0.25, 0.3) is 0 Å². The first-order chi connectivity index (χ1) is 5.82. The lowest BCUT2D eigenvalue weighted by Gasteiger charge is -2.21. The highest BCUT2D eigenvalue weighted by atomic mass is 16.3. The number of hydrogen-bond donors (Lipinski definition) is 1. The maximum Gasteiger partial charge on any atom is 0.185 e. The Bertz CT molecular complexity index is 327. The van der Waals surface area contributed by atoms with E-state index in [2.05, 4.69) is 0 Å². The second-order valence-corrected chi connectivity index (χ2v) is 3.67. The van der Waals surface area contributed by atoms with E-state index in [1.807, 2.05) is 0 Å². The Morgan fingerprint density at radius 2 is 1.69 bits per heavy atom. The smallest absolute Gasteiger partial charge is 0.185 e. The van der Waals surface area contributed by atoms with E-state index in [9.17, 15) is 14.7 Å². The fraction of sp³-hybridized carbons (Fsp3) is 0.400. The van der Waals surface area contributed by atoms with Crippen molar-refractivity contribution in [3.8, 4) is 0 Å². The van der Waals surface area contributed by atoms with Gasteiger partial charge in [-0.15, -0.1) is 0 Å². The molecule has 1 aliphatic carbocycles. The molecule has 0 saturated carbocycles. The average Bonchev–Trinajstić information content (AvgIpc) is 1.94. The van der Waals surface area contributed by atoms with E-state index in [4.69, 9.17) is 0 Å².